The maximum atomic E-state index is 12.6. The highest BCUT2D eigenvalue weighted by atomic mass is 16.6. The summed E-state index contributed by atoms with van der Waals surface area (Å²) in [5.41, 5.74) is 0.445. The summed E-state index contributed by atoms with van der Waals surface area (Å²) in [4.78, 5) is 26.1. The number of hydrogen-bond acceptors (Lipinski definition) is 6. The van der Waals surface area contributed by atoms with Gasteiger partial charge in [-0.1, -0.05) is 44.2 Å². The Labute approximate surface area is 174 Å². The van der Waals surface area contributed by atoms with Crippen LogP contribution in [0.3, 0.4) is 0 Å². The number of carbonyl (C=O) groups is 2. The SMILES string of the molecule is CC(C)[C@@H](C(=O)OCc1ccccc1)N(C)CCOCCNC(=O)OC(C)(C)C. The van der Waals surface area contributed by atoms with Crippen LogP contribution in [-0.4, -0.2) is 62.0 Å². The van der Waals surface area contributed by atoms with Gasteiger partial charge < -0.3 is 19.5 Å². The first-order valence-corrected chi connectivity index (χ1v) is 10.1. The lowest BCUT2D eigenvalue weighted by Gasteiger charge is -2.29. The molecule has 1 N–H and O–H groups in total. The lowest BCUT2D eigenvalue weighted by atomic mass is 10.0. The van der Waals surface area contributed by atoms with Gasteiger partial charge in [0.05, 0.1) is 13.2 Å². The second-order valence-electron chi connectivity index (χ2n) is 8.30. The van der Waals surface area contributed by atoms with E-state index >= 15 is 0 Å². The van der Waals surface area contributed by atoms with Gasteiger partial charge in [-0.2, -0.15) is 0 Å². The van der Waals surface area contributed by atoms with Crippen molar-refractivity contribution in [3.05, 3.63) is 35.9 Å². The van der Waals surface area contributed by atoms with Crippen LogP contribution in [0.2, 0.25) is 0 Å². The fourth-order valence-electron chi connectivity index (χ4n) is 2.76. The van der Waals surface area contributed by atoms with Gasteiger partial charge in [-0.05, 0) is 39.3 Å². The first kappa shape index (κ1) is 24.9. The van der Waals surface area contributed by atoms with Crippen LogP contribution < -0.4 is 5.32 Å². The van der Waals surface area contributed by atoms with Crippen molar-refractivity contribution < 1.29 is 23.8 Å². The van der Waals surface area contributed by atoms with Crippen LogP contribution in [0, 0.1) is 5.92 Å². The van der Waals surface area contributed by atoms with Crippen LogP contribution in [0.5, 0.6) is 0 Å². The minimum absolute atomic E-state index is 0.108. The van der Waals surface area contributed by atoms with Crippen molar-refractivity contribution in [3.8, 4) is 0 Å². The highest BCUT2D eigenvalue weighted by molar-refractivity contribution is 5.76. The zero-order valence-electron chi connectivity index (χ0n) is 18.6. The van der Waals surface area contributed by atoms with Crippen molar-refractivity contribution in [2.45, 2.75) is 52.9 Å². The third-order valence-electron chi connectivity index (χ3n) is 4.07. The number of esters is 1. The summed E-state index contributed by atoms with van der Waals surface area (Å²) in [6.07, 6.45) is -0.459. The molecule has 164 valence electrons. The van der Waals surface area contributed by atoms with Gasteiger partial charge >= 0.3 is 12.1 Å². The Morgan fingerprint density at radius 3 is 2.34 bits per heavy atom. The van der Waals surface area contributed by atoms with Crippen LogP contribution >= 0.6 is 0 Å². The normalized spacial score (nSPS) is 12.7. The molecule has 0 saturated heterocycles. The lowest BCUT2D eigenvalue weighted by Crippen LogP contribution is -2.45. The molecule has 1 rings (SSSR count). The molecule has 7 heteroatoms. The van der Waals surface area contributed by atoms with Crippen molar-refractivity contribution in [2.75, 3.05) is 33.4 Å². The Balaban J connectivity index is 2.30. The summed E-state index contributed by atoms with van der Waals surface area (Å²) in [5, 5.41) is 2.64. The molecule has 1 aromatic rings. The molecule has 0 aliphatic carbocycles. The average molecular weight is 409 g/mol. The minimum atomic E-state index is -0.519. The van der Waals surface area contributed by atoms with Crippen LogP contribution in [0.25, 0.3) is 0 Å². The van der Waals surface area contributed by atoms with E-state index in [9.17, 15) is 9.59 Å². The number of hydrogen-bond donors (Lipinski definition) is 1. The number of carbonyl (C=O) groups excluding carboxylic acids is 2. The highest BCUT2D eigenvalue weighted by Crippen LogP contribution is 2.13. The van der Waals surface area contributed by atoms with Gasteiger partial charge in [0, 0.05) is 13.1 Å². The van der Waals surface area contributed by atoms with Crippen LogP contribution in [0.4, 0.5) is 4.79 Å². The van der Waals surface area contributed by atoms with E-state index < -0.39 is 11.7 Å². The van der Waals surface area contributed by atoms with E-state index in [0.29, 0.717) is 26.3 Å². The average Bonchev–Trinajstić information content (AvgIpc) is 2.62. The summed E-state index contributed by atoms with van der Waals surface area (Å²) in [6.45, 7) is 11.5. The molecule has 29 heavy (non-hydrogen) atoms. The first-order chi connectivity index (χ1) is 13.6. The molecule has 0 fully saturated rings. The molecule has 0 aliphatic heterocycles. The third kappa shape index (κ3) is 10.9. The second kappa shape index (κ2) is 12.4. The number of nitrogens with zero attached hydrogens (tertiary/aromatic N) is 1. The molecule has 0 unspecified atom stereocenters. The molecule has 0 radical (unpaired) electrons. The quantitative estimate of drug-likeness (QED) is 0.447. The number of likely N-dealkylation sites (N-methyl/N-ethyl adjacent to an activating group) is 1. The Bertz CT molecular complexity index is 613. The van der Waals surface area contributed by atoms with Gasteiger partial charge in [-0.3, -0.25) is 9.69 Å². The van der Waals surface area contributed by atoms with Gasteiger partial charge in [-0.25, -0.2) is 4.79 Å². The Kier molecular flexibility index (Phi) is 10.7. The summed E-state index contributed by atoms with van der Waals surface area (Å²) >= 11 is 0. The van der Waals surface area contributed by atoms with Gasteiger partial charge in [0.2, 0.25) is 0 Å². The van der Waals surface area contributed by atoms with Gasteiger partial charge in [-0.15, -0.1) is 0 Å². The van der Waals surface area contributed by atoms with E-state index in [1.54, 1.807) is 0 Å². The summed E-state index contributed by atoms with van der Waals surface area (Å²) in [6, 6.07) is 9.29. The standard InChI is InChI=1S/C22H36N2O5/c1-17(2)19(20(25)28-16-18-10-8-7-9-11-18)24(6)13-15-27-14-12-23-21(26)29-22(3,4)5/h7-11,17,19H,12-16H2,1-6H3,(H,23,26)/t19-/m0/s1. The molecule has 7 nitrogen and oxygen atoms in total. The maximum Gasteiger partial charge on any atom is 0.407 e. The zero-order valence-corrected chi connectivity index (χ0v) is 18.6. The van der Waals surface area contributed by atoms with E-state index in [0.717, 1.165) is 5.56 Å². The lowest BCUT2D eigenvalue weighted by molar-refractivity contribution is -0.153. The first-order valence-electron chi connectivity index (χ1n) is 10.1. The summed E-state index contributed by atoms with van der Waals surface area (Å²) in [5.74, 6) is -0.130. The molecular formula is C22H36N2O5. The van der Waals surface area contributed by atoms with Crippen molar-refractivity contribution in [1.82, 2.24) is 10.2 Å². The summed E-state index contributed by atoms with van der Waals surface area (Å²) in [7, 11) is 1.89. The fraction of sp³-hybridized carbons (Fsp3) is 0.636. The van der Waals surface area contributed by atoms with Gasteiger partial charge in [0.25, 0.3) is 0 Å². The maximum absolute atomic E-state index is 12.6. The predicted octanol–water partition coefficient (Wildman–Crippen LogP) is 3.23. The number of ether oxygens (including phenoxy) is 3. The van der Waals surface area contributed by atoms with Gasteiger partial charge in [0.1, 0.15) is 18.2 Å². The molecule has 0 saturated carbocycles. The van der Waals surface area contributed by atoms with Crippen LogP contribution in [-0.2, 0) is 25.6 Å². The number of alkyl carbamates (subject to hydrolysis) is 1. The minimum Gasteiger partial charge on any atom is -0.460 e. The van der Waals surface area contributed by atoms with E-state index in [2.05, 4.69) is 5.32 Å². The predicted molar refractivity (Wildman–Crippen MR) is 113 cm³/mol. The van der Waals surface area contributed by atoms with Gasteiger partial charge in [0.15, 0.2) is 0 Å². The van der Waals surface area contributed by atoms with Crippen LogP contribution in [0.15, 0.2) is 30.3 Å². The third-order valence-corrected chi connectivity index (χ3v) is 4.07. The highest BCUT2D eigenvalue weighted by Gasteiger charge is 2.27. The van der Waals surface area contributed by atoms with Crippen molar-refractivity contribution in [1.29, 1.82) is 0 Å². The largest absolute Gasteiger partial charge is 0.460 e. The molecule has 0 bridgehead atoms. The number of amides is 1. The van der Waals surface area contributed by atoms with Crippen molar-refractivity contribution in [2.24, 2.45) is 5.92 Å². The fourth-order valence-corrected chi connectivity index (χ4v) is 2.76. The molecule has 1 amide bonds. The monoisotopic (exact) mass is 408 g/mol. The zero-order chi connectivity index (χ0) is 21.9. The Morgan fingerprint density at radius 1 is 1.10 bits per heavy atom. The topological polar surface area (TPSA) is 77.1 Å². The Morgan fingerprint density at radius 2 is 1.76 bits per heavy atom. The summed E-state index contributed by atoms with van der Waals surface area (Å²) < 4.78 is 16.2. The molecule has 0 heterocycles. The molecule has 1 aromatic carbocycles. The van der Waals surface area contributed by atoms with E-state index in [-0.39, 0.29) is 24.5 Å². The molecule has 0 spiro atoms. The van der Waals surface area contributed by atoms with Crippen LogP contribution in [0.1, 0.15) is 40.2 Å². The Hall–Kier alpha value is -2.12. The number of rotatable bonds is 11. The van der Waals surface area contributed by atoms with E-state index in [4.69, 9.17) is 14.2 Å². The number of benzene rings is 1. The second-order valence-corrected chi connectivity index (χ2v) is 8.30. The molecule has 0 aliphatic rings. The number of nitrogens with one attached hydrogen (secondary N) is 1. The molecule has 1 atom stereocenters. The van der Waals surface area contributed by atoms with E-state index in [1.807, 2.05) is 76.9 Å². The molecule has 0 aromatic heterocycles. The van der Waals surface area contributed by atoms with Crippen molar-refractivity contribution in [3.63, 3.8) is 0 Å². The van der Waals surface area contributed by atoms with E-state index in [1.165, 1.54) is 0 Å². The molecular weight excluding hydrogens is 372 g/mol. The van der Waals surface area contributed by atoms with Crippen molar-refractivity contribution >= 4 is 12.1 Å². The smallest absolute Gasteiger partial charge is 0.407 e.